The standard InChI is InChI=1S/C12H14N2O3/c1-7-4-2-3-5-8(7)13-9-6-10(12(16)17)14-11(9)15/h2-5,9-10,13H,6H2,1H3,(H,14,15)(H,16,17)/t9?,10-/m0/s1. The van der Waals surface area contributed by atoms with Crippen molar-refractivity contribution in [3.8, 4) is 0 Å². The summed E-state index contributed by atoms with van der Waals surface area (Å²) in [6, 6.07) is 6.33. The number of carbonyl (C=O) groups excluding carboxylic acids is 1. The molecule has 2 rings (SSSR count). The molecule has 1 fully saturated rings. The molecule has 0 spiro atoms. The van der Waals surface area contributed by atoms with E-state index >= 15 is 0 Å². The normalized spacial score (nSPS) is 23.2. The predicted octanol–water partition coefficient (Wildman–Crippen LogP) is 0.749. The van der Waals surface area contributed by atoms with Crippen LogP contribution in [0.15, 0.2) is 24.3 Å². The van der Waals surface area contributed by atoms with Gasteiger partial charge in [-0.15, -0.1) is 0 Å². The van der Waals surface area contributed by atoms with Gasteiger partial charge in [-0.2, -0.15) is 0 Å². The second-order valence-electron chi connectivity index (χ2n) is 4.15. The number of carbonyl (C=O) groups is 2. The van der Waals surface area contributed by atoms with Crippen molar-refractivity contribution >= 4 is 17.6 Å². The van der Waals surface area contributed by atoms with Crippen molar-refractivity contribution in [1.29, 1.82) is 0 Å². The zero-order valence-corrected chi connectivity index (χ0v) is 9.43. The highest BCUT2D eigenvalue weighted by Gasteiger charge is 2.35. The van der Waals surface area contributed by atoms with Crippen molar-refractivity contribution in [3.05, 3.63) is 29.8 Å². The number of hydrogen-bond donors (Lipinski definition) is 3. The molecular weight excluding hydrogens is 220 g/mol. The van der Waals surface area contributed by atoms with Crippen molar-refractivity contribution < 1.29 is 14.7 Å². The van der Waals surface area contributed by atoms with Crippen molar-refractivity contribution in [2.24, 2.45) is 0 Å². The van der Waals surface area contributed by atoms with Gasteiger partial charge < -0.3 is 15.7 Å². The van der Waals surface area contributed by atoms with Crippen molar-refractivity contribution in [3.63, 3.8) is 0 Å². The van der Waals surface area contributed by atoms with Crippen LogP contribution in [-0.2, 0) is 9.59 Å². The lowest BCUT2D eigenvalue weighted by Gasteiger charge is -2.13. The summed E-state index contributed by atoms with van der Waals surface area (Å²) in [5.41, 5.74) is 1.89. The molecule has 0 aromatic heterocycles. The monoisotopic (exact) mass is 234 g/mol. The Bertz CT molecular complexity index is 459. The minimum absolute atomic E-state index is 0.263. The maximum atomic E-state index is 11.6. The topological polar surface area (TPSA) is 78.4 Å². The molecule has 3 N–H and O–H groups in total. The first kappa shape index (κ1) is 11.4. The lowest BCUT2D eigenvalue weighted by atomic mass is 10.1. The number of aryl methyl sites for hydroxylation is 1. The first-order valence-corrected chi connectivity index (χ1v) is 5.43. The smallest absolute Gasteiger partial charge is 0.326 e. The lowest BCUT2D eigenvalue weighted by Crippen LogP contribution is -2.34. The van der Waals surface area contributed by atoms with Crippen molar-refractivity contribution in [1.82, 2.24) is 5.32 Å². The third-order valence-electron chi connectivity index (χ3n) is 2.88. The summed E-state index contributed by atoms with van der Waals surface area (Å²) in [5.74, 6) is -1.26. The summed E-state index contributed by atoms with van der Waals surface area (Å²) in [5, 5.41) is 14.3. The van der Waals surface area contributed by atoms with Crippen LogP contribution in [0.5, 0.6) is 0 Å². The molecule has 0 radical (unpaired) electrons. The Morgan fingerprint density at radius 1 is 1.47 bits per heavy atom. The summed E-state index contributed by atoms with van der Waals surface area (Å²) in [7, 11) is 0. The lowest BCUT2D eigenvalue weighted by molar-refractivity contribution is -0.140. The second kappa shape index (κ2) is 4.45. The van der Waals surface area contributed by atoms with Crippen molar-refractivity contribution in [2.75, 3.05) is 5.32 Å². The fourth-order valence-corrected chi connectivity index (χ4v) is 1.88. The van der Waals surface area contributed by atoms with Gasteiger partial charge in [0, 0.05) is 12.1 Å². The summed E-state index contributed by atoms with van der Waals surface area (Å²) < 4.78 is 0. The highest BCUT2D eigenvalue weighted by molar-refractivity contribution is 5.93. The Morgan fingerprint density at radius 3 is 2.76 bits per heavy atom. The van der Waals surface area contributed by atoms with Gasteiger partial charge in [-0.25, -0.2) is 4.79 Å². The van der Waals surface area contributed by atoms with Gasteiger partial charge >= 0.3 is 5.97 Å². The fraction of sp³-hybridized carbons (Fsp3) is 0.333. The van der Waals surface area contributed by atoms with E-state index in [0.717, 1.165) is 11.3 Å². The first-order chi connectivity index (χ1) is 8.08. The molecule has 1 aromatic rings. The van der Waals surface area contributed by atoms with Gasteiger partial charge in [0.2, 0.25) is 5.91 Å². The largest absolute Gasteiger partial charge is 0.480 e. The number of rotatable bonds is 3. The predicted molar refractivity (Wildman–Crippen MR) is 62.8 cm³/mol. The summed E-state index contributed by atoms with van der Waals surface area (Å²) in [6.07, 6.45) is 0.266. The van der Waals surface area contributed by atoms with Crippen LogP contribution < -0.4 is 10.6 Å². The van der Waals surface area contributed by atoms with Crippen molar-refractivity contribution in [2.45, 2.75) is 25.4 Å². The molecule has 17 heavy (non-hydrogen) atoms. The Balaban J connectivity index is 2.08. The molecule has 2 atom stereocenters. The minimum Gasteiger partial charge on any atom is -0.480 e. The van der Waals surface area contributed by atoms with Crippen LogP contribution in [-0.4, -0.2) is 29.1 Å². The molecule has 1 aliphatic heterocycles. The Kier molecular flexibility index (Phi) is 2.99. The van der Waals surface area contributed by atoms with Crippen LogP contribution >= 0.6 is 0 Å². The Morgan fingerprint density at radius 2 is 2.18 bits per heavy atom. The van der Waals surface area contributed by atoms with Crippen LogP contribution in [0.1, 0.15) is 12.0 Å². The number of nitrogens with one attached hydrogen (secondary N) is 2. The second-order valence-corrected chi connectivity index (χ2v) is 4.15. The van der Waals surface area contributed by atoms with E-state index in [-0.39, 0.29) is 12.3 Å². The molecule has 1 saturated heterocycles. The SMILES string of the molecule is Cc1ccccc1NC1C[C@@H](C(=O)O)NC1=O. The molecule has 0 aliphatic carbocycles. The van der Waals surface area contributed by atoms with Gasteiger partial charge in [0.15, 0.2) is 0 Å². The maximum Gasteiger partial charge on any atom is 0.326 e. The quantitative estimate of drug-likeness (QED) is 0.721. The molecule has 90 valence electrons. The average Bonchev–Trinajstić information content (AvgIpc) is 2.64. The Labute approximate surface area is 98.8 Å². The molecule has 5 heteroatoms. The number of anilines is 1. The first-order valence-electron chi connectivity index (χ1n) is 5.43. The van der Waals surface area contributed by atoms with Gasteiger partial charge in [0.25, 0.3) is 0 Å². The third kappa shape index (κ3) is 2.38. The van der Waals surface area contributed by atoms with E-state index in [9.17, 15) is 9.59 Å². The van der Waals surface area contributed by atoms with Crippen LogP contribution in [0.3, 0.4) is 0 Å². The number of aliphatic carboxylic acids is 1. The molecule has 1 amide bonds. The van der Waals surface area contributed by atoms with Crippen LogP contribution in [0.4, 0.5) is 5.69 Å². The zero-order chi connectivity index (χ0) is 12.4. The molecule has 5 nitrogen and oxygen atoms in total. The zero-order valence-electron chi connectivity index (χ0n) is 9.43. The summed E-state index contributed by atoms with van der Waals surface area (Å²) in [4.78, 5) is 22.3. The van der Waals surface area contributed by atoms with E-state index in [1.54, 1.807) is 0 Å². The molecular formula is C12H14N2O3. The Hall–Kier alpha value is -2.04. The van der Waals surface area contributed by atoms with Crippen LogP contribution in [0, 0.1) is 6.92 Å². The molecule has 1 aromatic carbocycles. The maximum absolute atomic E-state index is 11.6. The van der Waals surface area contributed by atoms with E-state index in [1.807, 2.05) is 31.2 Å². The van der Waals surface area contributed by atoms with Crippen LogP contribution in [0.2, 0.25) is 0 Å². The molecule has 1 aliphatic rings. The van der Waals surface area contributed by atoms with E-state index in [0.29, 0.717) is 0 Å². The number of amides is 1. The van der Waals surface area contributed by atoms with Gasteiger partial charge in [-0.3, -0.25) is 4.79 Å². The number of hydrogen-bond acceptors (Lipinski definition) is 3. The van der Waals surface area contributed by atoms with Gasteiger partial charge in [0.1, 0.15) is 12.1 Å². The third-order valence-corrected chi connectivity index (χ3v) is 2.88. The van der Waals surface area contributed by atoms with Gasteiger partial charge in [-0.05, 0) is 18.6 Å². The number of carboxylic acids is 1. The van der Waals surface area contributed by atoms with Gasteiger partial charge in [0.05, 0.1) is 0 Å². The van der Waals surface area contributed by atoms with E-state index in [2.05, 4.69) is 10.6 Å². The number of para-hydroxylation sites is 1. The molecule has 1 unspecified atom stereocenters. The van der Waals surface area contributed by atoms with E-state index in [4.69, 9.17) is 5.11 Å². The summed E-state index contributed by atoms with van der Waals surface area (Å²) >= 11 is 0. The fourth-order valence-electron chi connectivity index (χ4n) is 1.88. The van der Waals surface area contributed by atoms with Gasteiger partial charge in [-0.1, -0.05) is 18.2 Å². The minimum atomic E-state index is -0.993. The van der Waals surface area contributed by atoms with E-state index < -0.39 is 18.1 Å². The number of carboxylic acid groups (broad SMARTS) is 1. The highest BCUT2D eigenvalue weighted by atomic mass is 16.4. The number of benzene rings is 1. The molecule has 0 bridgehead atoms. The average molecular weight is 234 g/mol. The highest BCUT2D eigenvalue weighted by Crippen LogP contribution is 2.18. The molecule has 1 heterocycles. The van der Waals surface area contributed by atoms with E-state index in [1.165, 1.54) is 0 Å². The summed E-state index contributed by atoms with van der Waals surface area (Å²) in [6.45, 7) is 1.93. The van der Waals surface area contributed by atoms with Crippen LogP contribution in [0.25, 0.3) is 0 Å². The molecule has 0 saturated carbocycles.